The maximum atomic E-state index is 12.8. The number of nitrogens with one attached hydrogen (secondary N) is 1. The molecule has 1 heterocycles. The van der Waals surface area contributed by atoms with E-state index in [2.05, 4.69) is 17.9 Å². The third-order valence-electron chi connectivity index (χ3n) is 4.93. The van der Waals surface area contributed by atoms with Gasteiger partial charge in [-0.15, -0.1) is 0 Å². The fraction of sp³-hybridized carbons (Fsp3) is 0.417. The number of esters is 1. The summed E-state index contributed by atoms with van der Waals surface area (Å²) in [6.07, 6.45) is -1.82. The van der Waals surface area contributed by atoms with Crippen molar-refractivity contribution in [3.63, 3.8) is 0 Å². The summed E-state index contributed by atoms with van der Waals surface area (Å²) in [7, 11) is 0. The van der Waals surface area contributed by atoms with Crippen LogP contribution in [0.1, 0.15) is 25.0 Å². The van der Waals surface area contributed by atoms with Crippen molar-refractivity contribution in [2.45, 2.75) is 25.6 Å². The summed E-state index contributed by atoms with van der Waals surface area (Å²) in [5.41, 5.74) is 1.13. The first-order valence-electron chi connectivity index (χ1n) is 11.1. The largest absolute Gasteiger partial charge is 0.491 e. The number of aliphatic hydroxyl groups is 1. The number of amides is 1. The maximum absolute atomic E-state index is 12.8. The molecule has 10 nitrogen and oxygen atoms in total. The molecule has 3 rings (SSSR count). The van der Waals surface area contributed by atoms with Gasteiger partial charge in [0.1, 0.15) is 18.5 Å². The van der Waals surface area contributed by atoms with Crippen LogP contribution >= 0.6 is 12.6 Å². The lowest BCUT2D eigenvalue weighted by molar-refractivity contribution is -0.142. The number of benzene rings is 2. The first-order chi connectivity index (χ1) is 17.0. The number of carbonyl (C=O) groups is 2. The summed E-state index contributed by atoms with van der Waals surface area (Å²) < 4.78 is 32.8. The third-order valence-corrected chi connectivity index (χ3v) is 5.19. The molecule has 0 saturated heterocycles. The van der Waals surface area contributed by atoms with Crippen molar-refractivity contribution >= 4 is 30.4 Å². The van der Waals surface area contributed by atoms with Crippen molar-refractivity contribution < 1.29 is 43.1 Å². The van der Waals surface area contributed by atoms with E-state index in [0.29, 0.717) is 35.1 Å². The Morgan fingerprint density at radius 2 is 1.89 bits per heavy atom. The molecule has 35 heavy (non-hydrogen) atoms. The Morgan fingerprint density at radius 3 is 2.60 bits per heavy atom. The normalized spacial score (nSPS) is 13.6. The van der Waals surface area contributed by atoms with E-state index in [4.69, 9.17) is 33.5 Å². The maximum Gasteiger partial charge on any atom is 0.412 e. The van der Waals surface area contributed by atoms with Gasteiger partial charge in [0.2, 0.25) is 6.79 Å². The Hall–Kier alpha value is -3.15. The van der Waals surface area contributed by atoms with E-state index in [1.54, 1.807) is 42.5 Å². The second-order valence-electron chi connectivity index (χ2n) is 7.32. The minimum absolute atomic E-state index is 0.0352. The van der Waals surface area contributed by atoms with Crippen molar-refractivity contribution in [2.24, 2.45) is 0 Å². The number of fused-ring (bicyclic) bond motifs is 1. The molecule has 1 amide bonds. The topological polar surface area (TPSA) is 122 Å². The van der Waals surface area contributed by atoms with Gasteiger partial charge < -0.3 is 33.5 Å². The molecule has 2 N–H and O–H groups in total. The van der Waals surface area contributed by atoms with Crippen molar-refractivity contribution in [1.82, 2.24) is 0 Å². The van der Waals surface area contributed by atoms with Gasteiger partial charge in [-0.3, -0.25) is 10.1 Å². The van der Waals surface area contributed by atoms with E-state index in [0.717, 1.165) is 0 Å². The molecule has 2 atom stereocenters. The van der Waals surface area contributed by atoms with Crippen LogP contribution in [0.25, 0.3) is 0 Å². The van der Waals surface area contributed by atoms with Crippen LogP contribution < -0.4 is 19.5 Å². The number of hydrogen-bond acceptors (Lipinski definition) is 10. The lowest BCUT2D eigenvalue weighted by atomic mass is 10.0. The zero-order valence-corrected chi connectivity index (χ0v) is 20.2. The number of aliphatic hydroxyl groups excluding tert-OH is 1. The van der Waals surface area contributed by atoms with Crippen molar-refractivity contribution in [3.8, 4) is 17.2 Å². The quantitative estimate of drug-likeness (QED) is 0.277. The molecular weight excluding hydrogens is 478 g/mol. The van der Waals surface area contributed by atoms with E-state index < -0.39 is 24.3 Å². The summed E-state index contributed by atoms with van der Waals surface area (Å²) >= 11 is 3.90. The molecule has 0 unspecified atom stereocenters. The molecule has 11 heteroatoms. The van der Waals surface area contributed by atoms with E-state index in [1.165, 1.54) is 0 Å². The van der Waals surface area contributed by atoms with Crippen LogP contribution in [0.5, 0.6) is 17.2 Å². The lowest BCUT2D eigenvalue weighted by Crippen LogP contribution is -2.30. The van der Waals surface area contributed by atoms with Gasteiger partial charge in [0.05, 0.1) is 19.0 Å². The molecule has 2 aromatic carbocycles. The van der Waals surface area contributed by atoms with Crippen LogP contribution in [0, 0.1) is 0 Å². The zero-order valence-electron chi connectivity index (χ0n) is 19.3. The highest BCUT2D eigenvalue weighted by atomic mass is 32.1. The monoisotopic (exact) mass is 507 g/mol. The number of hydrogen-bond donors (Lipinski definition) is 3. The minimum atomic E-state index is -0.814. The van der Waals surface area contributed by atoms with Gasteiger partial charge in [-0.25, -0.2) is 4.79 Å². The van der Waals surface area contributed by atoms with E-state index in [1.807, 2.05) is 6.92 Å². The third kappa shape index (κ3) is 7.94. The molecular formula is C24H29NO9S. The number of carbonyl (C=O) groups excluding carboxylic acids is 2. The van der Waals surface area contributed by atoms with Gasteiger partial charge in [-0.05, 0) is 36.8 Å². The van der Waals surface area contributed by atoms with Crippen LogP contribution in [0.2, 0.25) is 0 Å². The Balaban J connectivity index is 1.75. The molecule has 190 valence electrons. The van der Waals surface area contributed by atoms with Crippen LogP contribution in [0.3, 0.4) is 0 Å². The van der Waals surface area contributed by atoms with Gasteiger partial charge in [0.15, 0.2) is 17.6 Å². The van der Waals surface area contributed by atoms with Crippen LogP contribution in [-0.2, 0) is 19.0 Å². The SMILES string of the molecule is CCO[C@@H](CCOC(=O)CS)[C@@H](OC(=O)Nc1ccc2c(c1)OCO2)c1ccc(OCCO)cc1. The number of thiol groups is 1. The van der Waals surface area contributed by atoms with Gasteiger partial charge >= 0.3 is 12.1 Å². The highest BCUT2D eigenvalue weighted by molar-refractivity contribution is 7.81. The standard InChI is InChI=1S/C24H29NO9S/c1-2-29-20(9-11-31-22(27)14-35)23(16-3-6-18(7-4-16)30-12-10-26)34-24(28)25-17-5-8-19-21(13-17)33-15-32-19/h3-8,13,20,23,26,35H,2,9-12,14-15H2,1H3,(H,25,28)/t20-,23-/m0/s1. The summed E-state index contributed by atoms with van der Waals surface area (Å²) in [6, 6.07) is 11.9. The van der Waals surface area contributed by atoms with Crippen LogP contribution in [0.4, 0.5) is 10.5 Å². The van der Waals surface area contributed by atoms with Crippen molar-refractivity contribution in [2.75, 3.05) is 44.3 Å². The number of rotatable bonds is 13. The Labute approximate surface area is 208 Å². The van der Waals surface area contributed by atoms with Crippen LogP contribution in [0.15, 0.2) is 42.5 Å². The second-order valence-corrected chi connectivity index (χ2v) is 7.64. The van der Waals surface area contributed by atoms with Gasteiger partial charge in [-0.1, -0.05) is 12.1 Å². The fourth-order valence-electron chi connectivity index (χ4n) is 3.38. The average Bonchev–Trinajstić information content (AvgIpc) is 3.34. The van der Waals surface area contributed by atoms with E-state index in [9.17, 15) is 9.59 Å². The van der Waals surface area contributed by atoms with Crippen molar-refractivity contribution in [1.29, 1.82) is 0 Å². The first kappa shape index (κ1) is 26.5. The minimum Gasteiger partial charge on any atom is -0.491 e. The second kappa shape index (κ2) is 13.7. The number of anilines is 1. The first-order valence-corrected chi connectivity index (χ1v) is 11.8. The predicted octanol–water partition coefficient (Wildman–Crippen LogP) is 3.34. The Kier molecular flexibility index (Phi) is 10.3. The Bertz CT molecular complexity index is 970. The average molecular weight is 508 g/mol. The van der Waals surface area contributed by atoms with Crippen molar-refractivity contribution in [3.05, 3.63) is 48.0 Å². The summed E-state index contributed by atoms with van der Waals surface area (Å²) in [5.74, 6) is 1.19. The molecule has 0 radical (unpaired) electrons. The predicted molar refractivity (Wildman–Crippen MR) is 129 cm³/mol. The molecule has 0 aromatic heterocycles. The summed E-state index contributed by atoms with van der Waals surface area (Å²) in [6.45, 7) is 2.43. The van der Waals surface area contributed by atoms with Gasteiger partial charge in [0, 0.05) is 24.8 Å². The molecule has 0 bridgehead atoms. The molecule has 0 fully saturated rings. The van der Waals surface area contributed by atoms with Gasteiger partial charge in [0.25, 0.3) is 0 Å². The number of ether oxygens (including phenoxy) is 6. The lowest BCUT2D eigenvalue weighted by Gasteiger charge is -2.27. The highest BCUT2D eigenvalue weighted by Gasteiger charge is 2.28. The van der Waals surface area contributed by atoms with Gasteiger partial charge in [-0.2, -0.15) is 12.6 Å². The van der Waals surface area contributed by atoms with E-state index in [-0.39, 0.29) is 38.8 Å². The fourth-order valence-corrected chi connectivity index (χ4v) is 3.47. The van der Waals surface area contributed by atoms with E-state index >= 15 is 0 Å². The molecule has 1 aliphatic heterocycles. The zero-order chi connectivity index (χ0) is 25.0. The van der Waals surface area contributed by atoms with Crippen LogP contribution in [-0.4, -0.2) is 62.2 Å². The summed E-state index contributed by atoms with van der Waals surface area (Å²) in [5, 5.41) is 11.6. The molecule has 0 saturated carbocycles. The summed E-state index contributed by atoms with van der Waals surface area (Å²) in [4.78, 5) is 24.3. The molecule has 0 spiro atoms. The Morgan fingerprint density at radius 1 is 1.11 bits per heavy atom. The highest BCUT2D eigenvalue weighted by Crippen LogP contribution is 2.34. The molecule has 0 aliphatic carbocycles. The molecule has 1 aliphatic rings. The molecule has 2 aromatic rings. The smallest absolute Gasteiger partial charge is 0.412 e.